The van der Waals surface area contributed by atoms with Gasteiger partial charge in [0.05, 0.1) is 12.0 Å². The quantitative estimate of drug-likeness (QED) is 0.220. The molecule has 1 aromatic carbocycles. The monoisotopic (exact) mass is 446 g/mol. The first-order chi connectivity index (χ1) is 13.1. The molecule has 3 rings (SSSR count). The highest BCUT2D eigenvalue weighted by atomic mass is 79.9. The number of halogens is 1. The van der Waals surface area contributed by atoms with E-state index < -0.39 is 0 Å². The van der Waals surface area contributed by atoms with Crippen molar-refractivity contribution in [1.82, 2.24) is 19.9 Å². The molecule has 0 radical (unpaired) electrons. The first kappa shape index (κ1) is 18.9. The maximum Gasteiger partial charge on any atom is 0.264 e. The summed E-state index contributed by atoms with van der Waals surface area (Å²) < 4.78 is 2.22. The molecule has 0 spiro atoms. The first-order valence-corrected chi connectivity index (χ1v) is 9.48. The Hall–Kier alpha value is -2.92. The van der Waals surface area contributed by atoms with Crippen LogP contribution in [0.5, 0.6) is 0 Å². The van der Waals surface area contributed by atoms with Gasteiger partial charge in [0.2, 0.25) is 11.1 Å². The number of thioether (sulfide) groups is 1. The zero-order valence-electron chi connectivity index (χ0n) is 13.9. The lowest BCUT2D eigenvalue weighted by atomic mass is 10.2. The van der Waals surface area contributed by atoms with Crippen molar-refractivity contribution in [3.63, 3.8) is 0 Å². The fraction of sp³-hybridized carbons (Fsp3) is 0.0625. The number of aromatic nitrogens is 4. The normalized spacial score (nSPS) is 10.9. The van der Waals surface area contributed by atoms with E-state index in [2.05, 4.69) is 47.0 Å². The molecule has 2 heterocycles. The van der Waals surface area contributed by atoms with Crippen LogP contribution < -0.4 is 16.6 Å². The van der Waals surface area contributed by atoms with Gasteiger partial charge in [-0.3, -0.25) is 4.79 Å². The number of hydrogen-bond donors (Lipinski definition) is 3. The molecular formula is C16H15BrN8OS. The average Bonchev–Trinajstić information content (AvgIpc) is 3.02. The van der Waals surface area contributed by atoms with Gasteiger partial charge in [0, 0.05) is 10.7 Å². The molecule has 2 aromatic heterocycles. The van der Waals surface area contributed by atoms with E-state index in [1.165, 1.54) is 4.68 Å². The number of carbonyl (C=O) groups is 1. The van der Waals surface area contributed by atoms with Gasteiger partial charge in [-0.05, 0) is 29.8 Å². The summed E-state index contributed by atoms with van der Waals surface area (Å²) in [6, 6.07) is 12.9. The van der Waals surface area contributed by atoms with Gasteiger partial charge in [0.1, 0.15) is 5.82 Å². The van der Waals surface area contributed by atoms with Crippen molar-refractivity contribution >= 4 is 51.6 Å². The summed E-state index contributed by atoms with van der Waals surface area (Å²) in [7, 11) is 0. The minimum atomic E-state index is -0.218. The van der Waals surface area contributed by atoms with E-state index in [0.29, 0.717) is 11.0 Å². The molecule has 27 heavy (non-hydrogen) atoms. The predicted octanol–water partition coefficient (Wildman–Crippen LogP) is 2.33. The number of amides is 1. The third-order valence-electron chi connectivity index (χ3n) is 3.18. The number of hydrazone groups is 1. The molecule has 0 aliphatic carbocycles. The molecule has 1 amide bonds. The minimum absolute atomic E-state index is 0.119. The standard InChI is InChI=1S/C16H15BrN8OS/c17-12-6-4-11(5-7-12)9-20-22-15-23-24-16(25(15)18)27-10-14(26)21-13-3-1-2-8-19-13/h1-9H,10,18H2,(H,22,23)(H,19,21,26)/b20-9+. The van der Waals surface area contributed by atoms with Crippen LogP contribution in [0.2, 0.25) is 0 Å². The number of nitrogens with zero attached hydrogens (tertiary/aromatic N) is 5. The van der Waals surface area contributed by atoms with E-state index in [9.17, 15) is 4.79 Å². The number of anilines is 2. The summed E-state index contributed by atoms with van der Waals surface area (Å²) in [6.07, 6.45) is 3.24. The second kappa shape index (κ2) is 9.14. The lowest BCUT2D eigenvalue weighted by molar-refractivity contribution is -0.113. The van der Waals surface area contributed by atoms with Gasteiger partial charge in [0.25, 0.3) is 5.95 Å². The molecule has 0 aliphatic rings. The Labute approximate surface area is 167 Å². The van der Waals surface area contributed by atoms with Crippen molar-refractivity contribution in [1.29, 1.82) is 0 Å². The molecule has 138 valence electrons. The lowest BCUT2D eigenvalue weighted by Crippen LogP contribution is -2.17. The molecule has 0 fully saturated rings. The number of nitrogens with two attached hydrogens (primary N) is 1. The van der Waals surface area contributed by atoms with Crippen LogP contribution in [-0.2, 0) is 4.79 Å². The second-order valence-corrected chi connectivity index (χ2v) is 7.01. The number of nitrogen functional groups attached to an aromatic ring is 1. The van der Waals surface area contributed by atoms with Crippen LogP contribution in [0.25, 0.3) is 0 Å². The second-order valence-electron chi connectivity index (χ2n) is 5.15. The molecule has 0 unspecified atom stereocenters. The van der Waals surface area contributed by atoms with Crippen molar-refractivity contribution in [2.75, 3.05) is 22.3 Å². The van der Waals surface area contributed by atoms with E-state index >= 15 is 0 Å². The van der Waals surface area contributed by atoms with Crippen molar-refractivity contribution in [3.8, 4) is 0 Å². The summed E-state index contributed by atoms with van der Waals surface area (Å²) in [5, 5.41) is 15.0. The largest absolute Gasteiger partial charge is 0.334 e. The van der Waals surface area contributed by atoms with Gasteiger partial charge in [-0.15, -0.1) is 10.2 Å². The van der Waals surface area contributed by atoms with Gasteiger partial charge < -0.3 is 11.2 Å². The van der Waals surface area contributed by atoms with E-state index in [1.54, 1.807) is 30.6 Å². The zero-order chi connectivity index (χ0) is 19.1. The number of rotatable bonds is 7. The molecule has 0 atom stereocenters. The first-order valence-electron chi connectivity index (χ1n) is 7.70. The van der Waals surface area contributed by atoms with Crippen molar-refractivity contribution in [2.45, 2.75) is 5.16 Å². The van der Waals surface area contributed by atoms with Crippen molar-refractivity contribution in [2.24, 2.45) is 5.10 Å². The van der Waals surface area contributed by atoms with Crippen LogP contribution in [-0.4, -0.2) is 37.7 Å². The van der Waals surface area contributed by atoms with Gasteiger partial charge in [-0.2, -0.15) is 5.10 Å². The highest BCUT2D eigenvalue weighted by Gasteiger charge is 2.12. The predicted molar refractivity (Wildman–Crippen MR) is 109 cm³/mol. The Kier molecular flexibility index (Phi) is 6.39. The molecule has 0 saturated carbocycles. The molecule has 11 heteroatoms. The fourth-order valence-corrected chi connectivity index (χ4v) is 2.83. The smallest absolute Gasteiger partial charge is 0.264 e. The molecule has 3 aromatic rings. The van der Waals surface area contributed by atoms with Crippen molar-refractivity contribution < 1.29 is 4.79 Å². The number of benzene rings is 1. The highest BCUT2D eigenvalue weighted by molar-refractivity contribution is 9.10. The zero-order valence-corrected chi connectivity index (χ0v) is 16.3. The summed E-state index contributed by atoms with van der Waals surface area (Å²) in [4.78, 5) is 16.0. The molecule has 0 aliphatic heterocycles. The van der Waals surface area contributed by atoms with Crippen LogP contribution in [0.4, 0.5) is 11.8 Å². The van der Waals surface area contributed by atoms with E-state index in [4.69, 9.17) is 5.84 Å². The minimum Gasteiger partial charge on any atom is -0.334 e. The average molecular weight is 447 g/mol. The summed E-state index contributed by atoms with van der Waals surface area (Å²) in [5.41, 5.74) is 3.63. The number of pyridine rings is 1. The highest BCUT2D eigenvalue weighted by Crippen LogP contribution is 2.17. The molecule has 0 saturated heterocycles. The third kappa shape index (κ3) is 5.53. The maximum absolute atomic E-state index is 11.9. The fourth-order valence-electron chi connectivity index (χ4n) is 1.91. The van der Waals surface area contributed by atoms with Gasteiger partial charge in [-0.1, -0.05) is 45.9 Å². The molecule has 4 N–H and O–H groups in total. The summed E-state index contributed by atoms with van der Waals surface area (Å²) in [6.45, 7) is 0. The number of nitrogens with one attached hydrogen (secondary N) is 2. The van der Waals surface area contributed by atoms with E-state index in [-0.39, 0.29) is 17.6 Å². The summed E-state index contributed by atoms with van der Waals surface area (Å²) in [5.74, 6) is 6.57. The Morgan fingerprint density at radius 3 is 2.81 bits per heavy atom. The molecular weight excluding hydrogens is 432 g/mol. The number of carbonyl (C=O) groups excluding carboxylic acids is 1. The number of hydrogen-bond acceptors (Lipinski definition) is 8. The SMILES string of the molecule is Nn1c(N/N=C/c2ccc(Br)cc2)nnc1SCC(=O)Nc1ccccn1. The van der Waals surface area contributed by atoms with Crippen LogP contribution >= 0.6 is 27.7 Å². The van der Waals surface area contributed by atoms with E-state index in [0.717, 1.165) is 21.8 Å². The topological polar surface area (TPSA) is 123 Å². The Bertz CT molecular complexity index is 929. The Morgan fingerprint density at radius 1 is 1.26 bits per heavy atom. The van der Waals surface area contributed by atoms with Crippen molar-refractivity contribution in [3.05, 3.63) is 58.7 Å². The summed E-state index contributed by atoms with van der Waals surface area (Å²) >= 11 is 4.53. The van der Waals surface area contributed by atoms with Crippen LogP contribution in [0.1, 0.15) is 5.56 Å². The van der Waals surface area contributed by atoms with Gasteiger partial charge >= 0.3 is 0 Å². The van der Waals surface area contributed by atoms with Crippen LogP contribution in [0.15, 0.2) is 63.4 Å². The molecule has 9 nitrogen and oxygen atoms in total. The van der Waals surface area contributed by atoms with Crippen LogP contribution in [0, 0.1) is 0 Å². The Balaban J connectivity index is 1.52. The van der Waals surface area contributed by atoms with E-state index in [1.807, 2.05) is 24.3 Å². The van der Waals surface area contributed by atoms with Crippen LogP contribution in [0.3, 0.4) is 0 Å². The Morgan fingerprint density at radius 2 is 2.07 bits per heavy atom. The maximum atomic E-state index is 11.9. The van der Waals surface area contributed by atoms with Gasteiger partial charge in [0.15, 0.2) is 0 Å². The molecule has 0 bridgehead atoms. The lowest BCUT2D eigenvalue weighted by Gasteiger charge is -2.04. The van der Waals surface area contributed by atoms with Gasteiger partial charge in [-0.25, -0.2) is 15.1 Å². The third-order valence-corrected chi connectivity index (χ3v) is 4.65.